The quantitative estimate of drug-likeness (QED) is 0.500. The summed E-state index contributed by atoms with van der Waals surface area (Å²) in [6.07, 6.45) is -0.365. The van der Waals surface area contributed by atoms with Crippen molar-refractivity contribution in [1.82, 2.24) is 9.80 Å². The number of nitrogens with zero attached hydrogens (tertiary/aromatic N) is 2. The number of β-amino-alcohol motifs (C(OH)–C–C–N with tert-alkyl or cyclic N) is 2. The van der Waals surface area contributed by atoms with Crippen LogP contribution in [0.15, 0.2) is 0 Å². The molecule has 1 heterocycles. The summed E-state index contributed by atoms with van der Waals surface area (Å²) in [6, 6.07) is 0. The van der Waals surface area contributed by atoms with Gasteiger partial charge in [-0.2, -0.15) is 0 Å². The molecule has 0 saturated carbocycles. The average molecular weight is 380 g/mol. The van der Waals surface area contributed by atoms with Gasteiger partial charge in [0.1, 0.15) is 6.10 Å². The average Bonchev–Trinajstić information content (AvgIpc) is 2.64. The van der Waals surface area contributed by atoms with Crippen LogP contribution in [0.1, 0.15) is 0 Å². The van der Waals surface area contributed by atoms with Gasteiger partial charge < -0.3 is 34.3 Å². The van der Waals surface area contributed by atoms with E-state index in [4.69, 9.17) is 29.2 Å². The highest BCUT2D eigenvalue weighted by Crippen LogP contribution is 1.97. The third-order valence-corrected chi connectivity index (χ3v) is 4.13. The molecule has 0 bridgehead atoms. The molecular formula is C17H36N2O7. The van der Waals surface area contributed by atoms with Crippen LogP contribution in [0.25, 0.3) is 0 Å². The van der Waals surface area contributed by atoms with Crippen LogP contribution in [0.3, 0.4) is 0 Å². The zero-order valence-electron chi connectivity index (χ0n) is 15.8. The zero-order chi connectivity index (χ0) is 18.9. The lowest BCUT2D eigenvalue weighted by atomic mass is 10.4. The van der Waals surface area contributed by atoms with Crippen molar-refractivity contribution in [2.45, 2.75) is 6.10 Å². The number of hydrogen-bond acceptors (Lipinski definition) is 9. The van der Waals surface area contributed by atoms with Gasteiger partial charge in [-0.25, -0.2) is 0 Å². The fourth-order valence-corrected chi connectivity index (χ4v) is 2.57. The molecule has 0 amide bonds. The van der Waals surface area contributed by atoms with Gasteiger partial charge in [0.15, 0.2) is 0 Å². The van der Waals surface area contributed by atoms with Crippen LogP contribution in [0, 0.1) is 0 Å². The lowest BCUT2D eigenvalue weighted by Gasteiger charge is -2.24. The largest absolute Gasteiger partial charge is 0.395 e. The molecule has 1 fully saturated rings. The van der Waals surface area contributed by atoms with Crippen LogP contribution in [0.4, 0.5) is 0 Å². The Morgan fingerprint density at radius 1 is 0.654 bits per heavy atom. The van der Waals surface area contributed by atoms with Crippen LogP contribution in [0.2, 0.25) is 0 Å². The molecular weight excluding hydrogens is 344 g/mol. The van der Waals surface area contributed by atoms with Gasteiger partial charge in [0.2, 0.25) is 0 Å². The molecule has 0 aromatic heterocycles. The summed E-state index contributed by atoms with van der Waals surface area (Å²) in [6.45, 7) is 7.43. The third kappa shape index (κ3) is 12.1. The van der Waals surface area contributed by atoms with E-state index in [0.29, 0.717) is 85.5 Å². The molecule has 1 atom stereocenters. The minimum Gasteiger partial charge on any atom is -0.395 e. The van der Waals surface area contributed by atoms with Crippen molar-refractivity contribution in [1.29, 1.82) is 0 Å². The van der Waals surface area contributed by atoms with E-state index in [1.165, 1.54) is 0 Å². The van der Waals surface area contributed by atoms with Gasteiger partial charge in [0.05, 0.1) is 66.1 Å². The molecule has 1 rings (SSSR count). The van der Waals surface area contributed by atoms with Gasteiger partial charge in [-0.1, -0.05) is 0 Å². The first-order chi connectivity index (χ1) is 12.8. The maximum atomic E-state index is 9.41. The fourth-order valence-electron chi connectivity index (χ4n) is 2.57. The second-order valence-corrected chi connectivity index (χ2v) is 6.11. The first-order valence-corrected chi connectivity index (χ1v) is 9.42. The summed E-state index contributed by atoms with van der Waals surface area (Å²) in [5.41, 5.74) is 0. The monoisotopic (exact) mass is 380 g/mol. The SMILES string of the molecule is OCCN1CCOCCOCCN(CCO)CCOC(CO)COCC1. The van der Waals surface area contributed by atoms with E-state index in [2.05, 4.69) is 9.80 Å². The molecule has 156 valence electrons. The Hall–Kier alpha value is -0.360. The van der Waals surface area contributed by atoms with Crippen LogP contribution in [-0.2, 0) is 18.9 Å². The van der Waals surface area contributed by atoms with Crippen molar-refractivity contribution in [3.05, 3.63) is 0 Å². The van der Waals surface area contributed by atoms with E-state index in [9.17, 15) is 5.11 Å². The van der Waals surface area contributed by atoms with E-state index < -0.39 is 0 Å². The van der Waals surface area contributed by atoms with Crippen molar-refractivity contribution in [3.8, 4) is 0 Å². The zero-order valence-corrected chi connectivity index (χ0v) is 15.8. The van der Waals surface area contributed by atoms with Crippen LogP contribution in [-0.4, -0.2) is 137 Å². The van der Waals surface area contributed by atoms with E-state index >= 15 is 0 Å². The first-order valence-electron chi connectivity index (χ1n) is 9.42. The number of ether oxygens (including phenoxy) is 4. The second-order valence-electron chi connectivity index (χ2n) is 6.11. The van der Waals surface area contributed by atoms with Crippen LogP contribution >= 0.6 is 0 Å². The molecule has 0 aromatic rings. The fraction of sp³-hybridized carbons (Fsp3) is 1.00. The Morgan fingerprint density at radius 2 is 1.15 bits per heavy atom. The number of aliphatic hydroxyl groups excluding tert-OH is 3. The molecule has 0 aliphatic carbocycles. The molecule has 1 saturated heterocycles. The molecule has 26 heavy (non-hydrogen) atoms. The predicted molar refractivity (Wildman–Crippen MR) is 96.3 cm³/mol. The molecule has 1 unspecified atom stereocenters. The Labute approximate surface area is 156 Å². The van der Waals surface area contributed by atoms with Crippen molar-refractivity contribution >= 4 is 0 Å². The normalized spacial score (nSPS) is 24.8. The molecule has 0 spiro atoms. The van der Waals surface area contributed by atoms with Gasteiger partial charge in [-0.3, -0.25) is 9.80 Å². The van der Waals surface area contributed by atoms with E-state index in [0.717, 1.165) is 0 Å². The van der Waals surface area contributed by atoms with Gasteiger partial charge in [0.25, 0.3) is 0 Å². The predicted octanol–water partition coefficient (Wildman–Crippen LogP) is -1.98. The lowest BCUT2D eigenvalue weighted by molar-refractivity contribution is -0.0536. The number of aliphatic hydroxyl groups is 3. The summed E-state index contributed by atoms with van der Waals surface area (Å²) in [4.78, 5) is 4.14. The van der Waals surface area contributed by atoms with Crippen molar-refractivity contribution in [2.24, 2.45) is 0 Å². The highest BCUT2D eigenvalue weighted by molar-refractivity contribution is 4.61. The molecule has 0 radical (unpaired) electrons. The molecule has 3 N–H and O–H groups in total. The smallest absolute Gasteiger partial charge is 0.104 e. The Bertz CT molecular complexity index is 313. The second kappa shape index (κ2) is 16.8. The Morgan fingerprint density at radius 3 is 1.65 bits per heavy atom. The molecule has 9 heteroatoms. The molecule has 9 nitrogen and oxygen atoms in total. The van der Waals surface area contributed by atoms with Gasteiger partial charge in [0, 0.05) is 39.3 Å². The van der Waals surface area contributed by atoms with Crippen LogP contribution in [0.5, 0.6) is 0 Å². The van der Waals surface area contributed by atoms with E-state index in [1.807, 2.05) is 0 Å². The molecule has 0 aromatic carbocycles. The summed E-state index contributed by atoms with van der Waals surface area (Å²) in [5, 5.41) is 27.7. The highest BCUT2D eigenvalue weighted by atomic mass is 16.5. The third-order valence-electron chi connectivity index (χ3n) is 4.13. The summed E-state index contributed by atoms with van der Waals surface area (Å²) in [5.74, 6) is 0. The molecule has 1 aliphatic rings. The maximum absolute atomic E-state index is 9.41. The van der Waals surface area contributed by atoms with Crippen LogP contribution < -0.4 is 0 Å². The Balaban J connectivity index is 2.44. The van der Waals surface area contributed by atoms with Gasteiger partial charge >= 0.3 is 0 Å². The lowest BCUT2D eigenvalue weighted by Crippen LogP contribution is -2.37. The van der Waals surface area contributed by atoms with Gasteiger partial charge in [-0.15, -0.1) is 0 Å². The van der Waals surface area contributed by atoms with Crippen molar-refractivity contribution in [2.75, 3.05) is 105 Å². The summed E-state index contributed by atoms with van der Waals surface area (Å²) >= 11 is 0. The topological polar surface area (TPSA) is 104 Å². The Kier molecular flexibility index (Phi) is 15.3. The van der Waals surface area contributed by atoms with E-state index in [1.54, 1.807) is 0 Å². The minimum atomic E-state index is -0.365. The summed E-state index contributed by atoms with van der Waals surface area (Å²) < 4.78 is 22.4. The van der Waals surface area contributed by atoms with E-state index in [-0.39, 0.29) is 25.9 Å². The number of hydrogen-bond donors (Lipinski definition) is 3. The standard InChI is InChI=1S/C17H36N2O7/c20-7-1-18-3-9-23-13-14-24-10-4-19(2-8-21)6-12-26-17(15-22)16-25-11-5-18/h17,20-22H,1-16H2. The maximum Gasteiger partial charge on any atom is 0.104 e. The first kappa shape index (κ1) is 23.7. The van der Waals surface area contributed by atoms with Crippen molar-refractivity contribution < 1.29 is 34.3 Å². The van der Waals surface area contributed by atoms with Gasteiger partial charge in [-0.05, 0) is 0 Å². The number of rotatable bonds is 5. The minimum absolute atomic E-state index is 0.0833. The summed E-state index contributed by atoms with van der Waals surface area (Å²) in [7, 11) is 0. The van der Waals surface area contributed by atoms with Crippen molar-refractivity contribution in [3.63, 3.8) is 0 Å². The highest BCUT2D eigenvalue weighted by Gasteiger charge is 2.11. The molecule has 1 aliphatic heterocycles.